The van der Waals surface area contributed by atoms with E-state index in [4.69, 9.17) is 19.7 Å². The molecule has 1 aromatic carbocycles. The first-order valence-electron chi connectivity index (χ1n) is 9.97. The van der Waals surface area contributed by atoms with Crippen molar-refractivity contribution in [3.05, 3.63) is 60.8 Å². The van der Waals surface area contributed by atoms with E-state index in [0.29, 0.717) is 17.2 Å². The van der Waals surface area contributed by atoms with Gasteiger partial charge in [0.05, 0.1) is 30.2 Å². The Hall–Kier alpha value is -4.14. The van der Waals surface area contributed by atoms with E-state index in [1.54, 1.807) is 19.6 Å². The highest BCUT2D eigenvalue weighted by Gasteiger charge is 2.34. The zero-order chi connectivity index (χ0) is 20.8. The predicted octanol–water partition coefficient (Wildman–Crippen LogP) is 2.97. The summed E-state index contributed by atoms with van der Waals surface area (Å²) in [6, 6.07) is 11.8. The van der Waals surface area contributed by atoms with Crippen molar-refractivity contribution in [1.82, 2.24) is 34.9 Å². The molecule has 6 rings (SSSR count). The molecule has 0 spiro atoms. The lowest BCUT2D eigenvalue weighted by molar-refractivity contribution is 0.399. The molecule has 0 bridgehead atoms. The zero-order valence-electron chi connectivity index (χ0n) is 16.7. The quantitative estimate of drug-likeness (QED) is 0.482. The van der Waals surface area contributed by atoms with Gasteiger partial charge in [0.1, 0.15) is 5.69 Å². The van der Waals surface area contributed by atoms with E-state index in [1.165, 1.54) is 0 Å². The number of nitrogens with one attached hydrogen (secondary N) is 1. The van der Waals surface area contributed by atoms with Crippen molar-refractivity contribution in [2.75, 3.05) is 25.1 Å². The van der Waals surface area contributed by atoms with Crippen molar-refractivity contribution in [1.29, 1.82) is 0 Å². The second-order valence-corrected chi connectivity index (χ2v) is 7.42. The lowest BCUT2D eigenvalue weighted by Crippen LogP contribution is -2.46. The van der Waals surface area contributed by atoms with Crippen LogP contribution in [0.4, 0.5) is 5.95 Å². The van der Waals surface area contributed by atoms with Crippen LogP contribution < -0.4 is 9.64 Å². The Morgan fingerprint density at radius 3 is 2.81 bits per heavy atom. The summed E-state index contributed by atoms with van der Waals surface area (Å²) >= 11 is 0. The molecule has 0 unspecified atom stereocenters. The Balaban J connectivity index is 1.37. The van der Waals surface area contributed by atoms with Gasteiger partial charge in [-0.2, -0.15) is 0 Å². The van der Waals surface area contributed by atoms with Crippen LogP contribution in [0, 0.1) is 0 Å². The molecule has 31 heavy (non-hydrogen) atoms. The smallest absolute Gasteiger partial charge is 0.225 e. The number of methoxy groups -OCH3 is 1. The third-order valence-electron chi connectivity index (χ3n) is 5.54. The first kappa shape index (κ1) is 17.7. The predicted molar refractivity (Wildman–Crippen MR) is 116 cm³/mol. The van der Waals surface area contributed by atoms with Gasteiger partial charge in [-0.25, -0.2) is 29.9 Å². The Morgan fingerprint density at radius 2 is 1.90 bits per heavy atom. The molecule has 1 aliphatic heterocycles. The Kier molecular flexibility index (Phi) is 3.98. The number of aromatic nitrogens is 7. The molecule has 4 aromatic heterocycles. The second kappa shape index (κ2) is 6.98. The Morgan fingerprint density at radius 1 is 1.00 bits per heavy atom. The highest BCUT2D eigenvalue weighted by molar-refractivity contribution is 5.79. The van der Waals surface area contributed by atoms with E-state index in [9.17, 15) is 0 Å². The number of benzene rings is 1. The standard InChI is InChI=1S/C22H18N8O/c1-31-21-15(6-4-8-23-21)18-17(28-19-20(29-18)26-12-25-19)14-10-30(11-14)22-24-9-13-5-2-3-7-16(13)27-22/h2-9,12,14H,10-11H2,1H3,(H,25,26,28,29). The summed E-state index contributed by atoms with van der Waals surface area (Å²) in [5.74, 6) is 1.42. The minimum absolute atomic E-state index is 0.176. The number of hydrogen-bond acceptors (Lipinski definition) is 8. The van der Waals surface area contributed by atoms with Gasteiger partial charge < -0.3 is 14.6 Å². The molecule has 1 saturated heterocycles. The van der Waals surface area contributed by atoms with Crippen LogP contribution in [0.1, 0.15) is 11.6 Å². The highest BCUT2D eigenvalue weighted by atomic mass is 16.5. The summed E-state index contributed by atoms with van der Waals surface area (Å²) in [5.41, 5.74) is 4.61. The van der Waals surface area contributed by atoms with Crippen molar-refractivity contribution < 1.29 is 4.74 Å². The molecule has 0 radical (unpaired) electrons. The monoisotopic (exact) mass is 410 g/mol. The SMILES string of the molecule is COc1ncccc1-c1nc2nc[nH]c2nc1C1CN(c2ncc3ccccc3n2)C1. The molecule has 0 amide bonds. The number of fused-ring (bicyclic) bond motifs is 2. The number of rotatable bonds is 4. The van der Waals surface area contributed by atoms with Crippen LogP contribution in [0.25, 0.3) is 33.5 Å². The fourth-order valence-electron chi connectivity index (χ4n) is 3.93. The third kappa shape index (κ3) is 2.93. The first-order valence-corrected chi connectivity index (χ1v) is 9.97. The third-order valence-corrected chi connectivity index (χ3v) is 5.54. The zero-order valence-corrected chi connectivity index (χ0v) is 16.7. The summed E-state index contributed by atoms with van der Waals surface area (Å²) in [6.45, 7) is 1.50. The molecule has 152 valence electrons. The minimum Gasteiger partial charge on any atom is -0.481 e. The van der Waals surface area contributed by atoms with Gasteiger partial charge in [-0.15, -0.1) is 0 Å². The van der Waals surface area contributed by atoms with E-state index >= 15 is 0 Å². The average Bonchev–Trinajstić information content (AvgIpc) is 3.25. The number of H-pyrrole nitrogens is 1. The van der Waals surface area contributed by atoms with Crippen molar-refractivity contribution >= 4 is 28.1 Å². The maximum absolute atomic E-state index is 5.47. The van der Waals surface area contributed by atoms with Crippen LogP contribution in [0.3, 0.4) is 0 Å². The molecule has 9 heteroatoms. The van der Waals surface area contributed by atoms with Crippen LogP contribution in [-0.2, 0) is 0 Å². The second-order valence-electron chi connectivity index (χ2n) is 7.42. The number of nitrogens with zero attached hydrogens (tertiary/aromatic N) is 7. The summed E-state index contributed by atoms with van der Waals surface area (Å²) in [6.07, 6.45) is 5.17. The molecule has 1 fully saturated rings. The molecule has 5 aromatic rings. The molecular formula is C22H18N8O. The van der Waals surface area contributed by atoms with E-state index in [2.05, 4.69) is 24.8 Å². The summed E-state index contributed by atoms with van der Waals surface area (Å²) in [4.78, 5) is 32.7. The largest absolute Gasteiger partial charge is 0.481 e. The van der Waals surface area contributed by atoms with Crippen LogP contribution in [0.5, 0.6) is 5.88 Å². The highest BCUT2D eigenvalue weighted by Crippen LogP contribution is 2.37. The molecule has 1 N–H and O–H groups in total. The van der Waals surface area contributed by atoms with E-state index in [-0.39, 0.29) is 5.92 Å². The molecule has 0 saturated carbocycles. The van der Waals surface area contributed by atoms with Gasteiger partial charge in [-0.3, -0.25) is 0 Å². The van der Waals surface area contributed by atoms with E-state index in [1.807, 2.05) is 42.6 Å². The van der Waals surface area contributed by atoms with Crippen LogP contribution in [-0.4, -0.2) is 55.1 Å². The van der Waals surface area contributed by atoms with Crippen LogP contribution in [0.15, 0.2) is 55.1 Å². The number of para-hydroxylation sites is 1. The summed E-state index contributed by atoms with van der Waals surface area (Å²) in [7, 11) is 1.61. The maximum Gasteiger partial charge on any atom is 0.225 e. The number of anilines is 1. The summed E-state index contributed by atoms with van der Waals surface area (Å²) < 4.78 is 5.47. The molecule has 1 aliphatic rings. The van der Waals surface area contributed by atoms with E-state index in [0.717, 1.165) is 46.9 Å². The number of pyridine rings is 1. The Labute approximate surface area is 177 Å². The topological polar surface area (TPSA) is 106 Å². The van der Waals surface area contributed by atoms with Gasteiger partial charge in [-0.05, 0) is 18.2 Å². The van der Waals surface area contributed by atoms with Crippen LogP contribution in [0.2, 0.25) is 0 Å². The molecule has 0 atom stereocenters. The molecular weight excluding hydrogens is 392 g/mol. The van der Waals surface area contributed by atoms with Gasteiger partial charge in [-0.1, -0.05) is 18.2 Å². The Bertz CT molecular complexity index is 1410. The normalized spacial score (nSPS) is 14.2. The number of aromatic amines is 1. The van der Waals surface area contributed by atoms with Gasteiger partial charge in [0.25, 0.3) is 0 Å². The number of hydrogen-bond donors (Lipinski definition) is 1. The van der Waals surface area contributed by atoms with Crippen LogP contribution >= 0.6 is 0 Å². The van der Waals surface area contributed by atoms with Gasteiger partial charge >= 0.3 is 0 Å². The van der Waals surface area contributed by atoms with Gasteiger partial charge in [0, 0.05) is 36.8 Å². The number of ether oxygens (including phenoxy) is 1. The average molecular weight is 410 g/mol. The van der Waals surface area contributed by atoms with Gasteiger partial charge in [0.15, 0.2) is 11.3 Å². The maximum atomic E-state index is 5.47. The first-order chi connectivity index (χ1) is 15.3. The van der Waals surface area contributed by atoms with Crippen molar-refractivity contribution in [3.8, 4) is 17.1 Å². The fourth-order valence-corrected chi connectivity index (χ4v) is 3.93. The molecule has 0 aliphatic carbocycles. The lowest BCUT2D eigenvalue weighted by atomic mass is 9.93. The molecule has 5 heterocycles. The van der Waals surface area contributed by atoms with Crippen molar-refractivity contribution in [2.45, 2.75) is 5.92 Å². The van der Waals surface area contributed by atoms with Gasteiger partial charge in [0.2, 0.25) is 11.8 Å². The number of imidazole rings is 1. The minimum atomic E-state index is 0.176. The van der Waals surface area contributed by atoms with Crippen molar-refractivity contribution in [3.63, 3.8) is 0 Å². The fraction of sp³-hybridized carbons (Fsp3) is 0.182. The lowest BCUT2D eigenvalue weighted by Gasteiger charge is -2.39. The van der Waals surface area contributed by atoms with Crippen molar-refractivity contribution in [2.24, 2.45) is 0 Å². The molecule has 9 nitrogen and oxygen atoms in total. The summed E-state index contributed by atoms with van der Waals surface area (Å²) in [5, 5.41) is 1.03. The van der Waals surface area contributed by atoms with E-state index < -0.39 is 0 Å².